The van der Waals surface area contributed by atoms with Crippen molar-refractivity contribution in [2.75, 3.05) is 0 Å². The summed E-state index contributed by atoms with van der Waals surface area (Å²) in [6.45, 7) is 5.29. The highest BCUT2D eigenvalue weighted by molar-refractivity contribution is 7.91. The number of hydrogen-bond donors (Lipinski definition) is 1. The van der Waals surface area contributed by atoms with Crippen LogP contribution in [0.4, 0.5) is 0 Å². The van der Waals surface area contributed by atoms with Crippen LogP contribution >= 0.6 is 0 Å². The predicted molar refractivity (Wildman–Crippen MR) is 49.4 cm³/mol. The summed E-state index contributed by atoms with van der Waals surface area (Å²) in [6, 6.07) is 1.86. The Hall–Kier alpha value is -0.600. The van der Waals surface area contributed by atoms with Crippen molar-refractivity contribution in [2.45, 2.75) is 43.9 Å². The van der Waals surface area contributed by atoms with Crippen molar-refractivity contribution >= 4 is 10.0 Å². The van der Waals surface area contributed by atoms with E-state index in [1.54, 1.807) is 20.8 Å². The second kappa shape index (κ2) is 2.69. The quantitative estimate of drug-likeness (QED) is 0.718. The summed E-state index contributed by atoms with van der Waals surface area (Å²) in [5.74, 6) is 0. The minimum atomic E-state index is -3.47. The Labute approximate surface area is 79.0 Å². The van der Waals surface area contributed by atoms with Gasteiger partial charge in [-0.05, 0) is 33.6 Å². The summed E-state index contributed by atoms with van der Waals surface area (Å²) in [7, 11) is -3.47. The summed E-state index contributed by atoms with van der Waals surface area (Å²) in [5, 5.41) is 8.72. The second-order valence-corrected chi connectivity index (χ2v) is 6.45. The van der Waals surface area contributed by atoms with Crippen molar-refractivity contribution in [3.8, 4) is 6.07 Å². The Morgan fingerprint density at radius 1 is 1.38 bits per heavy atom. The van der Waals surface area contributed by atoms with E-state index in [2.05, 4.69) is 4.72 Å². The molecule has 13 heavy (non-hydrogen) atoms. The average molecular weight is 202 g/mol. The van der Waals surface area contributed by atoms with E-state index in [9.17, 15) is 8.42 Å². The van der Waals surface area contributed by atoms with Crippen LogP contribution < -0.4 is 4.72 Å². The number of nitriles is 1. The summed E-state index contributed by atoms with van der Waals surface area (Å²) in [4.78, 5) is 0. The molecule has 0 aromatic carbocycles. The fourth-order valence-corrected chi connectivity index (χ4v) is 2.82. The van der Waals surface area contributed by atoms with Crippen molar-refractivity contribution in [3.63, 3.8) is 0 Å². The van der Waals surface area contributed by atoms with Gasteiger partial charge in [-0.2, -0.15) is 5.26 Å². The summed E-state index contributed by atoms with van der Waals surface area (Å²) in [6.07, 6.45) is 0.907. The first-order chi connectivity index (χ1) is 5.72. The lowest BCUT2D eigenvalue weighted by Crippen LogP contribution is -2.46. The first-order valence-corrected chi connectivity index (χ1v) is 5.66. The van der Waals surface area contributed by atoms with E-state index in [0.717, 1.165) is 0 Å². The largest absolute Gasteiger partial charge is 0.231 e. The summed E-state index contributed by atoms with van der Waals surface area (Å²) >= 11 is 0. The van der Waals surface area contributed by atoms with Crippen molar-refractivity contribution in [3.05, 3.63) is 0 Å². The Bertz CT molecular complexity index is 341. The minimum Gasteiger partial charge on any atom is -0.211 e. The Balaban J connectivity index is 2.87. The molecular weight excluding hydrogens is 188 g/mol. The molecular formula is C8H14N2O2S. The van der Waals surface area contributed by atoms with Crippen LogP contribution in [0.2, 0.25) is 0 Å². The van der Waals surface area contributed by atoms with Crippen molar-refractivity contribution in [1.82, 2.24) is 4.72 Å². The van der Waals surface area contributed by atoms with E-state index in [1.165, 1.54) is 0 Å². The highest BCUT2D eigenvalue weighted by Gasteiger charge is 2.56. The molecule has 0 radical (unpaired) electrons. The van der Waals surface area contributed by atoms with Gasteiger partial charge in [0.15, 0.2) is 4.75 Å². The minimum absolute atomic E-state index is 0.453. The summed E-state index contributed by atoms with van der Waals surface area (Å²) in [5.41, 5.74) is -0.509. The highest BCUT2D eigenvalue weighted by atomic mass is 32.2. The van der Waals surface area contributed by atoms with Crippen LogP contribution in [0.3, 0.4) is 0 Å². The van der Waals surface area contributed by atoms with Gasteiger partial charge in [-0.1, -0.05) is 0 Å². The number of nitrogens with zero attached hydrogens (tertiary/aromatic N) is 1. The zero-order chi connectivity index (χ0) is 10.3. The Kier molecular flexibility index (Phi) is 2.17. The van der Waals surface area contributed by atoms with Gasteiger partial charge >= 0.3 is 0 Å². The lowest BCUT2D eigenvalue weighted by Gasteiger charge is -2.22. The number of sulfonamides is 1. The molecule has 0 aromatic heterocycles. The van der Waals surface area contributed by atoms with Crippen LogP contribution in [0.25, 0.3) is 0 Å². The normalized spacial score (nSPS) is 20.8. The average Bonchev–Trinajstić information content (AvgIpc) is 2.59. The third-order valence-electron chi connectivity index (χ3n) is 1.86. The molecule has 1 aliphatic rings. The lowest BCUT2D eigenvalue weighted by atomic mass is 10.1. The van der Waals surface area contributed by atoms with E-state index in [-0.39, 0.29) is 0 Å². The molecule has 0 amide bonds. The smallest absolute Gasteiger partial charge is 0.211 e. The molecule has 0 saturated heterocycles. The van der Waals surface area contributed by atoms with Gasteiger partial charge in [0.05, 0.1) is 6.07 Å². The van der Waals surface area contributed by atoms with Gasteiger partial charge in [0, 0.05) is 5.54 Å². The topological polar surface area (TPSA) is 70.0 Å². The number of nitrogens with one attached hydrogen (secondary N) is 1. The van der Waals surface area contributed by atoms with E-state index < -0.39 is 20.3 Å². The molecule has 0 bridgehead atoms. The second-order valence-electron chi connectivity index (χ2n) is 4.46. The fraction of sp³-hybridized carbons (Fsp3) is 0.875. The van der Waals surface area contributed by atoms with Gasteiger partial charge in [0.1, 0.15) is 0 Å². The highest BCUT2D eigenvalue weighted by Crippen LogP contribution is 2.42. The van der Waals surface area contributed by atoms with Crippen LogP contribution in [-0.2, 0) is 10.0 Å². The van der Waals surface area contributed by atoms with Gasteiger partial charge in [-0.25, -0.2) is 13.1 Å². The molecule has 0 aromatic rings. The maximum Gasteiger partial charge on any atom is 0.231 e. The standard InChI is InChI=1S/C8H14N2O2S/c1-7(2,3)10-13(11,12)8(6-9)4-5-8/h10H,4-5H2,1-3H3. The molecule has 0 atom stereocenters. The van der Waals surface area contributed by atoms with Crippen molar-refractivity contribution in [1.29, 1.82) is 5.26 Å². The third-order valence-corrected chi connectivity index (χ3v) is 4.27. The molecule has 0 spiro atoms. The number of rotatable bonds is 2. The van der Waals surface area contributed by atoms with Gasteiger partial charge in [0.25, 0.3) is 0 Å². The Morgan fingerprint density at radius 3 is 2.08 bits per heavy atom. The molecule has 1 fully saturated rings. The first-order valence-electron chi connectivity index (χ1n) is 4.17. The SMILES string of the molecule is CC(C)(C)NS(=O)(=O)C1(C#N)CC1. The van der Waals surface area contributed by atoms with Gasteiger partial charge in [-0.15, -0.1) is 0 Å². The zero-order valence-electron chi connectivity index (χ0n) is 8.09. The summed E-state index contributed by atoms with van der Waals surface area (Å²) < 4.78 is 24.6. The molecule has 0 aliphatic heterocycles. The molecule has 1 aliphatic carbocycles. The van der Waals surface area contributed by atoms with Gasteiger partial charge < -0.3 is 0 Å². The van der Waals surface area contributed by atoms with Crippen molar-refractivity contribution < 1.29 is 8.42 Å². The molecule has 0 unspecified atom stereocenters. The van der Waals surface area contributed by atoms with E-state index in [4.69, 9.17) is 5.26 Å². The molecule has 74 valence electrons. The maximum absolute atomic E-state index is 11.6. The van der Waals surface area contributed by atoms with E-state index in [1.807, 2.05) is 6.07 Å². The van der Waals surface area contributed by atoms with Gasteiger partial charge in [0.2, 0.25) is 10.0 Å². The van der Waals surface area contributed by atoms with Crippen LogP contribution in [0, 0.1) is 11.3 Å². The van der Waals surface area contributed by atoms with Gasteiger partial charge in [-0.3, -0.25) is 0 Å². The van der Waals surface area contributed by atoms with E-state index in [0.29, 0.717) is 12.8 Å². The Morgan fingerprint density at radius 2 is 1.85 bits per heavy atom. The molecule has 1 saturated carbocycles. The molecule has 5 heteroatoms. The predicted octanol–water partition coefficient (Wildman–Crippen LogP) is 0.760. The monoisotopic (exact) mass is 202 g/mol. The van der Waals surface area contributed by atoms with Crippen molar-refractivity contribution in [2.24, 2.45) is 0 Å². The molecule has 1 N–H and O–H groups in total. The first kappa shape index (κ1) is 10.5. The van der Waals surface area contributed by atoms with Crippen LogP contribution in [-0.4, -0.2) is 18.7 Å². The fourth-order valence-electron chi connectivity index (χ4n) is 1.05. The maximum atomic E-state index is 11.6. The molecule has 0 heterocycles. The van der Waals surface area contributed by atoms with Crippen LogP contribution in [0.5, 0.6) is 0 Å². The zero-order valence-corrected chi connectivity index (χ0v) is 8.90. The molecule has 4 nitrogen and oxygen atoms in total. The third kappa shape index (κ3) is 2.01. The van der Waals surface area contributed by atoms with Crippen LogP contribution in [0.1, 0.15) is 33.6 Å². The van der Waals surface area contributed by atoms with Crippen LogP contribution in [0.15, 0.2) is 0 Å². The lowest BCUT2D eigenvalue weighted by molar-refractivity contribution is 0.487. The number of hydrogen-bond acceptors (Lipinski definition) is 3. The van der Waals surface area contributed by atoms with E-state index >= 15 is 0 Å². The molecule has 1 rings (SSSR count).